The molecule has 0 amide bonds. The van der Waals surface area contributed by atoms with Gasteiger partial charge in [-0.25, -0.2) is 0 Å². The minimum atomic E-state index is 0.114. The van der Waals surface area contributed by atoms with Gasteiger partial charge in [0.1, 0.15) is 10.1 Å². The molecule has 2 aliphatic heterocycles. The number of hydrogen-bond acceptors (Lipinski definition) is 4. The Morgan fingerprint density at radius 2 is 0.793 bits per heavy atom. The van der Waals surface area contributed by atoms with Crippen LogP contribution in [0.15, 0.2) is 129 Å². The smallest absolute Gasteiger partial charge is 0.116 e. The average Bonchev–Trinajstić information content (AvgIpc) is 3.89. The molecule has 0 bridgehead atoms. The minimum absolute atomic E-state index is 0.114. The molecule has 2 heterocycles. The molecule has 0 aromatic heterocycles. The minimum Gasteiger partial charge on any atom is -0.308 e. The molecule has 4 heteroatoms. The predicted molar refractivity (Wildman–Crippen MR) is 257 cm³/mol. The van der Waals surface area contributed by atoms with E-state index >= 15 is 0 Å². The Bertz CT molecular complexity index is 2490. The average molecular weight is 799 g/mol. The van der Waals surface area contributed by atoms with Gasteiger partial charge in [0.05, 0.1) is 0 Å². The zero-order valence-corrected chi connectivity index (χ0v) is 37.0. The van der Waals surface area contributed by atoms with Gasteiger partial charge in [-0.15, -0.1) is 0 Å². The van der Waals surface area contributed by atoms with Crippen molar-refractivity contribution in [2.75, 3.05) is 9.80 Å². The van der Waals surface area contributed by atoms with Crippen molar-refractivity contribution in [1.29, 1.82) is 0 Å². The zero-order valence-electron chi connectivity index (χ0n) is 35.3. The molecule has 6 aromatic carbocycles. The van der Waals surface area contributed by atoms with Gasteiger partial charge in [-0.2, -0.15) is 0 Å². The highest BCUT2D eigenvalue weighted by Crippen LogP contribution is 2.55. The highest BCUT2D eigenvalue weighted by Gasteiger charge is 2.36. The van der Waals surface area contributed by atoms with Crippen LogP contribution in [0.2, 0.25) is 0 Å². The van der Waals surface area contributed by atoms with E-state index in [2.05, 4.69) is 184 Å². The largest absolute Gasteiger partial charge is 0.308 e. The Kier molecular flexibility index (Phi) is 9.76. The summed E-state index contributed by atoms with van der Waals surface area (Å²) in [5.74, 6) is 1.26. The third-order valence-electron chi connectivity index (χ3n) is 13.5. The van der Waals surface area contributed by atoms with Gasteiger partial charge in [-0.3, -0.25) is 0 Å². The lowest BCUT2D eigenvalue weighted by atomic mass is 9.85. The maximum atomic E-state index is 2.58. The first-order valence-electron chi connectivity index (χ1n) is 22.0. The summed E-state index contributed by atoms with van der Waals surface area (Å²) in [6.07, 6.45) is 18.3. The van der Waals surface area contributed by atoms with Gasteiger partial charge < -0.3 is 9.80 Å². The van der Waals surface area contributed by atoms with E-state index in [9.17, 15) is 0 Å². The SMILES string of the molecule is CC(C)(C)c1ccc2c(ccc3ccc(N4C=C(C5CCCCC5)S/C4=C4/SC(C5CCCCC5)=CN4c4ccc5ccc6cc(C(C)(C)C)ccc6c5c4)cc32)c1. The number of hydrogen-bond donors (Lipinski definition) is 0. The number of thioether (sulfide) groups is 2. The fourth-order valence-electron chi connectivity index (χ4n) is 9.90. The summed E-state index contributed by atoms with van der Waals surface area (Å²) in [6, 6.07) is 37.9. The Hall–Kier alpha value is -4.12. The van der Waals surface area contributed by atoms with Crippen molar-refractivity contribution in [2.24, 2.45) is 11.8 Å². The van der Waals surface area contributed by atoms with E-state index in [4.69, 9.17) is 0 Å². The van der Waals surface area contributed by atoms with Gasteiger partial charge in [0, 0.05) is 33.6 Å². The topological polar surface area (TPSA) is 6.48 Å². The predicted octanol–water partition coefficient (Wildman–Crippen LogP) is 16.7. The fraction of sp³-hybridized carbons (Fsp3) is 0.370. The fourth-order valence-corrected chi connectivity index (χ4v) is 12.6. The molecule has 0 spiro atoms. The van der Waals surface area contributed by atoms with Gasteiger partial charge in [-0.05, 0) is 127 Å². The molecule has 0 N–H and O–H groups in total. The second-order valence-electron chi connectivity index (χ2n) is 19.6. The van der Waals surface area contributed by atoms with Crippen molar-refractivity contribution < 1.29 is 0 Å². The van der Waals surface area contributed by atoms with E-state index in [1.54, 1.807) is 9.81 Å². The first-order chi connectivity index (χ1) is 28.0. The molecule has 0 saturated heterocycles. The lowest BCUT2D eigenvalue weighted by molar-refractivity contribution is 0.415. The summed E-state index contributed by atoms with van der Waals surface area (Å²) in [5.41, 5.74) is 5.51. The molecule has 2 nitrogen and oxygen atoms in total. The van der Waals surface area contributed by atoms with E-state index < -0.39 is 0 Å². The van der Waals surface area contributed by atoms with Crippen LogP contribution in [-0.4, -0.2) is 0 Å². The number of rotatable bonds is 4. The van der Waals surface area contributed by atoms with Crippen LogP contribution in [0.1, 0.15) is 117 Å². The summed E-state index contributed by atoms with van der Waals surface area (Å²) >= 11 is 4.12. The molecule has 0 atom stereocenters. The number of allylic oxidation sites excluding steroid dienone is 2. The van der Waals surface area contributed by atoms with Gasteiger partial charge in [0.25, 0.3) is 0 Å². The standard InChI is InChI=1S/C54H58N2S2/c1-53(2,3)41-23-27-45-39(29-41)19-17-35-21-25-43(31-47(35)45)55-33-49(37-13-9-7-10-14-37)57-51(55)52-56(34-50(58-52)38-15-11-8-12-16-38)44-26-22-36-18-20-40-30-42(54(4,5)6)24-28-46(40)48(36)32-44/h17-34,37-38H,7-16H2,1-6H3/b52-51+. The Morgan fingerprint density at radius 3 is 1.19 bits per heavy atom. The first-order valence-corrected chi connectivity index (χ1v) is 23.7. The van der Waals surface area contributed by atoms with E-state index in [0.717, 1.165) is 0 Å². The summed E-state index contributed by atoms with van der Waals surface area (Å²) in [4.78, 5) is 8.24. The molecule has 296 valence electrons. The highest BCUT2D eigenvalue weighted by molar-refractivity contribution is 8.10. The third-order valence-corrected chi connectivity index (χ3v) is 16.2. The van der Waals surface area contributed by atoms with E-state index in [1.165, 1.54) is 140 Å². The Morgan fingerprint density at radius 1 is 0.414 bits per heavy atom. The van der Waals surface area contributed by atoms with Crippen LogP contribution in [-0.2, 0) is 10.8 Å². The maximum absolute atomic E-state index is 2.58. The second-order valence-corrected chi connectivity index (χ2v) is 21.7. The maximum Gasteiger partial charge on any atom is 0.116 e. The Labute approximate surface area is 354 Å². The summed E-state index contributed by atoms with van der Waals surface area (Å²) in [6.45, 7) is 13.9. The van der Waals surface area contributed by atoms with Gasteiger partial charge >= 0.3 is 0 Å². The van der Waals surface area contributed by atoms with Crippen molar-refractivity contribution >= 4 is 78.0 Å². The van der Waals surface area contributed by atoms with Crippen LogP contribution in [0.5, 0.6) is 0 Å². The lowest BCUT2D eigenvalue weighted by Crippen LogP contribution is -2.18. The molecule has 2 saturated carbocycles. The monoisotopic (exact) mass is 798 g/mol. The van der Waals surface area contributed by atoms with Crippen LogP contribution in [0, 0.1) is 11.8 Å². The van der Waals surface area contributed by atoms with E-state index in [0.29, 0.717) is 11.8 Å². The van der Waals surface area contributed by atoms with Crippen molar-refractivity contribution in [3.63, 3.8) is 0 Å². The number of anilines is 2. The third kappa shape index (κ3) is 7.06. The molecular formula is C54H58N2S2. The summed E-state index contributed by atoms with van der Waals surface area (Å²) in [7, 11) is 0. The van der Waals surface area contributed by atoms with Crippen molar-refractivity contribution in [3.05, 3.63) is 140 Å². The molecule has 0 radical (unpaired) electrons. The normalized spacial score (nSPS) is 20.2. The quantitative estimate of drug-likeness (QED) is 0.164. The van der Waals surface area contributed by atoms with Gasteiger partial charge in [0.15, 0.2) is 0 Å². The summed E-state index contributed by atoms with van der Waals surface area (Å²) in [5, 5.41) is 13.3. The van der Waals surface area contributed by atoms with Crippen molar-refractivity contribution in [1.82, 2.24) is 0 Å². The molecule has 4 aliphatic rings. The highest BCUT2D eigenvalue weighted by atomic mass is 32.2. The molecular weight excluding hydrogens is 741 g/mol. The molecule has 2 aliphatic carbocycles. The molecule has 6 aromatic rings. The zero-order chi connectivity index (χ0) is 39.8. The molecule has 58 heavy (non-hydrogen) atoms. The van der Waals surface area contributed by atoms with Crippen LogP contribution in [0.4, 0.5) is 11.4 Å². The number of fused-ring (bicyclic) bond motifs is 6. The second kappa shape index (κ2) is 14.9. The number of benzene rings is 6. The van der Waals surface area contributed by atoms with Crippen LogP contribution < -0.4 is 9.80 Å². The van der Waals surface area contributed by atoms with E-state index in [1.807, 2.05) is 0 Å². The van der Waals surface area contributed by atoms with Gasteiger partial charge in [-0.1, -0.05) is 176 Å². The summed E-state index contributed by atoms with van der Waals surface area (Å²) < 4.78 is 0. The lowest BCUT2D eigenvalue weighted by Gasteiger charge is -2.26. The van der Waals surface area contributed by atoms with E-state index in [-0.39, 0.29) is 10.8 Å². The van der Waals surface area contributed by atoms with Crippen molar-refractivity contribution in [3.8, 4) is 0 Å². The first kappa shape index (κ1) is 38.1. The number of nitrogens with zero attached hydrogens (tertiary/aromatic N) is 2. The van der Waals surface area contributed by atoms with Gasteiger partial charge in [0.2, 0.25) is 0 Å². The van der Waals surface area contributed by atoms with Crippen LogP contribution in [0.25, 0.3) is 43.1 Å². The van der Waals surface area contributed by atoms with Crippen molar-refractivity contribution in [2.45, 2.75) is 117 Å². The molecule has 0 unspecified atom stereocenters. The molecule has 10 rings (SSSR count). The Balaban J connectivity index is 1.13. The molecule has 2 fully saturated rings. The van der Waals surface area contributed by atoms with Crippen LogP contribution in [0.3, 0.4) is 0 Å². The van der Waals surface area contributed by atoms with Crippen LogP contribution >= 0.6 is 23.5 Å².